The molecule has 0 atom stereocenters. The van der Waals surface area contributed by atoms with Gasteiger partial charge in [0.15, 0.2) is 0 Å². The summed E-state index contributed by atoms with van der Waals surface area (Å²) in [5.74, 6) is -0.389. The van der Waals surface area contributed by atoms with Crippen LogP contribution in [0.25, 0.3) is 0 Å². The second kappa shape index (κ2) is 5.67. The van der Waals surface area contributed by atoms with E-state index in [4.69, 9.17) is 10.3 Å². The molecule has 0 bridgehead atoms. The number of methoxy groups -OCH3 is 1. The third kappa shape index (κ3) is 4.32. The lowest BCUT2D eigenvalue weighted by Gasteiger charge is -1.98. The van der Waals surface area contributed by atoms with Gasteiger partial charge in [0.1, 0.15) is 0 Å². The van der Waals surface area contributed by atoms with Crippen LogP contribution < -0.4 is 0 Å². The van der Waals surface area contributed by atoms with Crippen LogP contribution in [0.3, 0.4) is 0 Å². The summed E-state index contributed by atoms with van der Waals surface area (Å²) in [6.45, 7) is -0.340. The van der Waals surface area contributed by atoms with Crippen molar-refractivity contribution in [2.75, 3.05) is 13.7 Å². The van der Waals surface area contributed by atoms with E-state index >= 15 is 0 Å². The molecule has 0 saturated heterocycles. The highest BCUT2D eigenvalue weighted by atomic mass is 16.5. The van der Waals surface area contributed by atoms with Gasteiger partial charge in [0.25, 0.3) is 0 Å². The number of aliphatic hydroxyl groups is 1. The minimum atomic E-state index is -0.389. The Hall–Kier alpha value is -1.10. The molecule has 11 heavy (non-hydrogen) atoms. The zero-order valence-corrected chi connectivity index (χ0v) is 6.28. The predicted octanol–water partition coefficient (Wildman–Crippen LogP) is -0.238. The van der Waals surface area contributed by atoms with Gasteiger partial charge in [-0.2, -0.15) is 0 Å². The number of rotatable bonds is 4. The number of esters is 1. The molecule has 0 radical (unpaired) electrons. The van der Waals surface area contributed by atoms with E-state index in [9.17, 15) is 4.79 Å². The molecule has 5 heteroatoms. The zero-order chi connectivity index (χ0) is 8.69. The van der Waals surface area contributed by atoms with Crippen LogP contribution in [-0.2, 0) is 9.53 Å². The topological polar surface area (TPSA) is 79.1 Å². The number of hydrogen-bond donors (Lipinski definition) is 2. The van der Waals surface area contributed by atoms with Gasteiger partial charge in [-0.15, -0.1) is 0 Å². The molecular formula is C6H11NO4. The van der Waals surface area contributed by atoms with E-state index in [1.807, 2.05) is 0 Å². The Morgan fingerprint density at radius 2 is 2.18 bits per heavy atom. The Balaban J connectivity index is 3.60. The number of hydrogen-bond acceptors (Lipinski definition) is 5. The number of nitrogens with zero attached hydrogens (tertiary/aromatic N) is 1. The molecule has 0 aromatic rings. The maximum Gasteiger partial charge on any atom is 0.305 e. The van der Waals surface area contributed by atoms with E-state index < -0.39 is 0 Å². The third-order valence-corrected chi connectivity index (χ3v) is 1.17. The standard InChI is InChI=1S/C6H11NO4/c1-11-6(9)3-2-5(4-8)7-10/h8,10H,2-4H2,1H3/b7-5+. The van der Waals surface area contributed by atoms with E-state index in [1.54, 1.807) is 0 Å². The van der Waals surface area contributed by atoms with E-state index in [1.165, 1.54) is 7.11 Å². The van der Waals surface area contributed by atoms with Crippen molar-refractivity contribution >= 4 is 11.7 Å². The molecule has 5 nitrogen and oxygen atoms in total. The lowest BCUT2D eigenvalue weighted by Crippen LogP contribution is -2.09. The number of oxime groups is 1. The maximum absolute atomic E-state index is 10.5. The first kappa shape index (κ1) is 9.90. The zero-order valence-electron chi connectivity index (χ0n) is 6.28. The van der Waals surface area contributed by atoms with Gasteiger partial charge in [-0.25, -0.2) is 0 Å². The lowest BCUT2D eigenvalue weighted by atomic mass is 10.2. The highest BCUT2D eigenvalue weighted by Gasteiger charge is 2.03. The molecule has 0 aliphatic carbocycles. The summed E-state index contributed by atoms with van der Waals surface area (Å²) < 4.78 is 4.33. The molecule has 0 spiro atoms. The van der Waals surface area contributed by atoms with Crippen molar-refractivity contribution in [1.82, 2.24) is 0 Å². The first-order valence-corrected chi connectivity index (χ1v) is 3.12. The maximum atomic E-state index is 10.5. The highest BCUT2D eigenvalue weighted by Crippen LogP contribution is 1.94. The monoisotopic (exact) mass is 161 g/mol. The van der Waals surface area contributed by atoms with Crippen molar-refractivity contribution in [3.63, 3.8) is 0 Å². The SMILES string of the molecule is COC(=O)CC/C(CO)=N\O. The van der Waals surface area contributed by atoms with Crippen molar-refractivity contribution in [1.29, 1.82) is 0 Å². The molecule has 64 valence electrons. The van der Waals surface area contributed by atoms with Crippen LogP contribution in [0.1, 0.15) is 12.8 Å². The number of aliphatic hydroxyl groups excluding tert-OH is 1. The van der Waals surface area contributed by atoms with E-state index in [0.717, 1.165) is 0 Å². The molecule has 0 rings (SSSR count). The van der Waals surface area contributed by atoms with Crippen LogP contribution in [0, 0.1) is 0 Å². The average Bonchev–Trinajstić information content (AvgIpc) is 2.06. The van der Waals surface area contributed by atoms with Crippen molar-refractivity contribution in [2.45, 2.75) is 12.8 Å². The fraction of sp³-hybridized carbons (Fsp3) is 0.667. The summed E-state index contributed by atoms with van der Waals surface area (Å²) in [6.07, 6.45) is 0.343. The number of carbonyl (C=O) groups is 1. The molecule has 0 fully saturated rings. The van der Waals surface area contributed by atoms with Gasteiger partial charge in [-0.3, -0.25) is 4.79 Å². The Morgan fingerprint density at radius 3 is 2.55 bits per heavy atom. The minimum Gasteiger partial charge on any atom is -0.469 e. The van der Waals surface area contributed by atoms with Gasteiger partial charge in [-0.05, 0) is 0 Å². The van der Waals surface area contributed by atoms with Crippen molar-refractivity contribution < 1.29 is 19.8 Å². The van der Waals surface area contributed by atoms with Gasteiger partial charge in [0.05, 0.1) is 25.8 Å². The smallest absolute Gasteiger partial charge is 0.305 e. The summed E-state index contributed by atoms with van der Waals surface area (Å²) in [6, 6.07) is 0. The molecule has 0 saturated carbocycles. The van der Waals surface area contributed by atoms with Crippen molar-refractivity contribution in [3.05, 3.63) is 0 Å². The third-order valence-electron chi connectivity index (χ3n) is 1.17. The lowest BCUT2D eigenvalue weighted by molar-refractivity contribution is -0.140. The van der Waals surface area contributed by atoms with Crippen LogP contribution >= 0.6 is 0 Å². The molecule has 0 unspecified atom stereocenters. The first-order valence-electron chi connectivity index (χ1n) is 3.12. The summed E-state index contributed by atoms with van der Waals surface area (Å²) in [5, 5.41) is 19.4. The van der Waals surface area contributed by atoms with Gasteiger partial charge >= 0.3 is 5.97 Å². The van der Waals surface area contributed by atoms with Crippen LogP contribution in [0.15, 0.2) is 5.16 Å². The Labute approximate surface area is 64.3 Å². The first-order chi connectivity index (χ1) is 5.24. The van der Waals surface area contributed by atoms with E-state index in [0.29, 0.717) is 0 Å². The molecule has 0 aliphatic rings. The molecule has 0 aliphatic heterocycles. The summed E-state index contributed by atoms with van der Waals surface area (Å²) in [7, 11) is 1.27. The summed E-state index contributed by atoms with van der Waals surface area (Å²) >= 11 is 0. The molecule has 0 amide bonds. The van der Waals surface area contributed by atoms with E-state index in [2.05, 4.69) is 9.89 Å². The Kier molecular flexibility index (Phi) is 5.10. The number of carbonyl (C=O) groups excluding carboxylic acids is 1. The molecule has 0 aromatic carbocycles. The van der Waals surface area contributed by atoms with Crippen molar-refractivity contribution in [3.8, 4) is 0 Å². The van der Waals surface area contributed by atoms with Crippen LogP contribution in [0.2, 0.25) is 0 Å². The minimum absolute atomic E-state index is 0.121. The predicted molar refractivity (Wildman–Crippen MR) is 37.6 cm³/mol. The van der Waals surface area contributed by atoms with Gasteiger partial charge in [-0.1, -0.05) is 5.16 Å². The van der Waals surface area contributed by atoms with Crippen molar-refractivity contribution in [2.24, 2.45) is 5.16 Å². The Morgan fingerprint density at radius 1 is 1.55 bits per heavy atom. The highest BCUT2D eigenvalue weighted by molar-refractivity contribution is 5.87. The van der Waals surface area contributed by atoms with Crippen LogP contribution in [-0.4, -0.2) is 35.7 Å². The second-order valence-electron chi connectivity index (χ2n) is 1.90. The molecule has 0 heterocycles. The van der Waals surface area contributed by atoms with E-state index in [-0.39, 0.29) is 31.1 Å². The van der Waals surface area contributed by atoms with Gasteiger partial charge < -0.3 is 15.1 Å². The number of ether oxygens (including phenoxy) is 1. The summed E-state index contributed by atoms with van der Waals surface area (Å²) in [5.41, 5.74) is 0.176. The molecule has 2 N–H and O–H groups in total. The fourth-order valence-corrected chi connectivity index (χ4v) is 0.509. The fourth-order valence-electron chi connectivity index (χ4n) is 0.509. The normalized spacial score (nSPS) is 11.3. The molecule has 0 aromatic heterocycles. The Bertz CT molecular complexity index is 155. The van der Waals surface area contributed by atoms with Gasteiger partial charge in [0, 0.05) is 6.42 Å². The molecular weight excluding hydrogens is 150 g/mol. The second-order valence-corrected chi connectivity index (χ2v) is 1.90. The average molecular weight is 161 g/mol. The summed E-state index contributed by atoms with van der Waals surface area (Å²) in [4.78, 5) is 10.5. The van der Waals surface area contributed by atoms with Gasteiger partial charge in [0.2, 0.25) is 0 Å². The van der Waals surface area contributed by atoms with Crippen LogP contribution in [0.5, 0.6) is 0 Å². The van der Waals surface area contributed by atoms with Crippen LogP contribution in [0.4, 0.5) is 0 Å². The largest absolute Gasteiger partial charge is 0.469 e. The quantitative estimate of drug-likeness (QED) is 0.258.